The lowest BCUT2D eigenvalue weighted by atomic mass is 10.2. The zero-order chi connectivity index (χ0) is 12.0. The van der Waals surface area contributed by atoms with Gasteiger partial charge >= 0.3 is 5.69 Å². The molecule has 2 aromatic rings. The zero-order valence-electron chi connectivity index (χ0n) is 9.86. The second kappa shape index (κ2) is 3.32. The number of hydrogen-bond donors (Lipinski definition) is 1. The third-order valence-electron chi connectivity index (χ3n) is 3.10. The molecule has 0 unspecified atom stereocenters. The Morgan fingerprint density at radius 2 is 2.35 bits per heavy atom. The monoisotopic (exact) mass is 234 g/mol. The molecule has 0 radical (unpaired) electrons. The first-order valence-corrected chi connectivity index (χ1v) is 5.65. The number of aromatic nitrogens is 4. The highest BCUT2D eigenvalue weighted by Gasteiger charge is 2.38. The Morgan fingerprint density at radius 1 is 1.59 bits per heavy atom. The predicted molar refractivity (Wildman–Crippen MR) is 61.2 cm³/mol. The maximum Gasteiger partial charge on any atom is 0.349 e. The van der Waals surface area contributed by atoms with Gasteiger partial charge in [0.05, 0.1) is 6.61 Å². The van der Waals surface area contributed by atoms with Crippen molar-refractivity contribution >= 4 is 5.65 Å². The number of nitrogens with zero attached hydrogens (tertiary/aromatic N) is 3. The van der Waals surface area contributed by atoms with Gasteiger partial charge < -0.3 is 4.74 Å². The van der Waals surface area contributed by atoms with E-state index in [-0.39, 0.29) is 5.69 Å². The zero-order valence-corrected chi connectivity index (χ0v) is 9.86. The van der Waals surface area contributed by atoms with E-state index in [4.69, 9.17) is 4.74 Å². The molecular weight excluding hydrogens is 220 g/mol. The van der Waals surface area contributed by atoms with E-state index in [9.17, 15) is 4.79 Å². The van der Waals surface area contributed by atoms with Gasteiger partial charge in [-0.05, 0) is 19.8 Å². The third-order valence-corrected chi connectivity index (χ3v) is 3.10. The van der Waals surface area contributed by atoms with Crippen molar-refractivity contribution in [3.8, 4) is 5.88 Å². The van der Waals surface area contributed by atoms with Gasteiger partial charge in [0.25, 0.3) is 0 Å². The Bertz CT molecular complexity index is 624. The molecule has 6 heteroatoms. The van der Waals surface area contributed by atoms with E-state index < -0.39 is 0 Å². The van der Waals surface area contributed by atoms with Gasteiger partial charge in [-0.3, -0.25) is 4.98 Å². The van der Waals surface area contributed by atoms with Crippen molar-refractivity contribution < 1.29 is 4.74 Å². The molecule has 0 aliphatic heterocycles. The number of aryl methyl sites for hydroxylation is 1. The van der Waals surface area contributed by atoms with Gasteiger partial charge in [0.15, 0.2) is 5.65 Å². The highest BCUT2D eigenvalue weighted by molar-refractivity contribution is 5.40. The molecule has 1 aliphatic rings. The smallest absolute Gasteiger partial charge is 0.349 e. The predicted octanol–water partition coefficient (Wildman–Crippen LogP) is 0.905. The molecule has 1 saturated carbocycles. The molecule has 0 atom stereocenters. The van der Waals surface area contributed by atoms with Crippen LogP contribution < -0.4 is 10.4 Å². The van der Waals surface area contributed by atoms with E-state index in [1.54, 1.807) is 13.0 Å². The lowest BCUT2D eigenvalue weighted by Crippen LogP contribution is -2.19. The number of hydrogen-bond acceptors (Lipinski definition) is 4. The highest BCUT2D eigenvalue weighted by Crippen LogP contribution is 2.44. The maximum absolute atomic E-state index is 11.6. The van der Waals surface area contributed by atoms with Crippen molar-refractivity contribution in [3.05, 3.63) is 22.4 Å². The van der Waals surface area contributed by atoms with Crippen molar-refractivity contribution in [2.24, 2.45) is 5.41 Å². The molecule has 0 saturated heterocycles. The van der Waals surface area contributed by atoms with E-state index >= 15 is 0 Å². The van der Waals surface area contributed by atoms with Crippen molar-refractivity contribution in [3.63, 3.8) is 0 Å². The van der Waals surface area contributed by atoms with Crippen LogP contribution in [0.25, 0.3) is 5.65 Å². The normalized spacial score (nSPS) is 17.3. The fourth-order valence-electron chi connectivity index (χ4n) is 1.66. The Labute approximate surface area is 97.6 Å². The Kier molecular flexibility index (Phi) is 2.01. The van der Waals surface area contributed by atoms with Gasteiger partial charge in [0.2, 0.25) is 5.88 Å². The molecule has 0 amide bonds. The summed E-state index contributed by atoms with van der Waals surface area (Å²) in [4.78, 5) is 18.3. The molecule has 2 heterocycles. The molecule has 0 bridgehead atoms. The van der Waals surface area contributed by atoms with Crippen LogP contribution in [-0.4, -0.2) is 26.2 Å². The molecular formula is C11H14N4O2. The highest BCUT2D eigenvalue weighted by atomic mass is 16.5. The lowest BCUT2D eigenvalue weighted by molar-refractivity contribution is 0.237. The number of fused-ring (bicyclic) bond motifs is 1. The van der Waals surface area contributed by atoms with Crippen molar-refractivity contribution in [2.75, 3.05) is 6.61 Å². The summed E-state index contributed by atoms with van der Waals surface area (Å²) in [6.07, 6.45) is 2.39. The Balaban J connectivity index is 1.91. The van der Waals surface area contributed by atoms with Crippen LogP contribution in [0.3, 0.4) is 0 Å². The molecule has 0 spiro atoms. The summed E-state index contributed by atoms with van der Waals surface area (Å²) in [5, 5.41) is 4.07. The number of rotatable bonds is 3. The van der Waals surface area contributed by atoms with Crippen LogP contribution in [0.1, 0.15) is 25.6 Å². The Hall–Kier alpha value is -1.85. The van der Waals surface area contributed by atoms with Gasteiger partial charge in [0, 0.05) is 11.5 Å². The van der Waals surface area contributed by atoms with Crippen LogP contribution in [0.15, 0.2) is 10.9 Å². The second-order valence-corrected chi connectivity index (χ2v) is 4.98. The quantitative estimate of drug-likeness (QED) is 0.856. The van der Waals surface area contributed by atoms with Crippen LogP contribution in [0.5, 0.6) is 5.88 Å². The largest absolute Gasteiger partial charge is 0.476 e. The number of H-pyrrole nitrogens is 1. The van der Waals surface area contributed by atoms with Gasteiger partial charge in [-0.15, -0.1) is 5.10 Å². The fraction of sp³-hybridized carbons (Fsp3) is 0.545. The van der Waals surface area contributed by atoms with Gasteiger partial charge in [-0.2, -0.15) is 4.52 Å². The summed E-state index contributed by atoms with van der Waals surface area (Å²) in [5.41, 5.74) is 0.521. The summed E-state index contributed by atoms with van der Waals surface area (Å²) >= 11 is 0. The molecule has 17 heavy (non-hydrogen) atoms. The topological polar surface area (TPSA) is 72.3 Å². The fourth-order valence-corrected chi connectivity index (χ4v) is 1.66. The molecule has 2 aromatic heterocycles. The van der Waals surface area contributed by atoms with Crippen LogP contribution in [0.2, 0.25) is 0 Å². The van der Waals surface area contributed by atoms with E-state index in [0.717, 1.165) is 0 Å². The lowest BCUT2D eigenvalue weighted by Gasteiger charge is -2.07. The third kappa shape index (κ3) is 1.90. The first kappa shape index (κ1) is 10.3. The van der Waals surface area contributed by atoms with Crippen molar-refractivity contribution in [1.82, 2.24) is 19.6 Å². The van der Waals surface area contributed by atoms with E-state index in [1.165, 1.54) is 17.4 Å². The Morgan fingerprint density at radius 3 is 3.06 bits per heavy atom. The minimum atomic E-state index is -0.292. The molecule has 90 valence electrons. The molecule has 1 fully saturated rings. The first-order valence-electron chi connectivity index (χ1n) is 5.65. The number of ether oxygens (including phenoxy) is 1. The molecule has 6 nitrogen and oxygen atoms in total. The maximum atomic E-state index is 11.6. The SMILES string of the molecule is Cc1nc2cc(OCC3(C)CC3)nn2c(=O)[nH]1. The van der Waals surface area contributed by atoms with Crippen LogP contribution in [-0.2, 0) is 0 Å². The summed E-state index contributed by atoms with van der Waals surface area (Å²) in [6, 6.07) is 1.69. The van der Waals surface area contributed by atoms with Gasteiger partial charge in [-0.1, -0.05) is 6.92 Å². The van der Waals surface area contributed by atoms with Crippen LogP contribution in [0, 0.1) is 12.3 Å². The standard InChI is InChI=1S/C11H14N4O2/c1-7-12-8-5-9(14-15(8)10(16)13-7)17-6-11(2)3-4-11/h5H,3-4,6H2,1-2H3,(H,12,13,16). The van der Waals surface area contributed by atoms with Crippen molar-refractivity contribution in [1.29, 1.82) is 0 Å². The average Bonchev–Trinajstić information content (AvgIpc) is 2.85. The summed E-state index contributed by atoms with van der Waals surface area (Å²) in [6.45, 7) is 4.56. The van der Waals surface area contributed by atoms with Crippen molar-refractivity contribution in [2.45, 2.75) is 26.7 Å². The van der Waals surface area contributed by atoms with E-state index in [1.807, 2.05) is 0 Å². The molecule has 1 aliphatic carbocycles. The summed E-state index contributed by atoms with van der Waals surface area (Å²) in [5.74, 6) is 1.03. The first-order chi connectivity index (χ1) is 8.06. The second-order valence-electron chi connectivity index (χ2n) is 4.98. The summed E-state index contributed by atoms with van der Waals surface area (Å²) in [7, 11) is 0. The van der Waals surface area contributed by atoms with Crippen LogP contribution in [0.4, 0.5) is 0 Å². The number of aromatic amines is 1. The van der Waals surface area contributed by atoms with Gasteiger partial charge in [0.1, 0.15) is 5.82 Å². The van der Waals surface area contributed by atoms with E-state index in [2.05, 4.69) is 22.0 Å². The average molecular weight is 234 g/mol. The minimum absolute atomic E-state index is 0.292. The molecule has 0 aromatic carbocycles. The molecule has 3 rings (SSSR count). The van der Waals surface area contributed by atoms with E-state index in [0.29, 0.717) is 29.4 Å². The molecule has 1 N–H and O–H groups in total. The summed E-state index contributed by atoms with van der Waals surface area (Å²) < 4.78 is 6.81. The number of nitrogens with one attached hydrogen (secondary N) is 1. The van der Waals surface area contributed by atoms with Gasteiger partial charge in [-0.25, -0.2) is 9.78 Å². The minimum Gasteiger partial charge on any atom is -0.476 e. The van der Waals surface area contributed by atoms with Crippen LogP contribution >= 0.6 is 0 Å².